The molecule has 7 heterocycles. The van der Waals surface area contributed by atoms with Gasteiger partial charge < -0.3 is 35.4 Å². The number of likely N-dealkylation sites (tertiary alicyclic amines) is 3. The summed E-state index contributed by atoms with van der Waals surface area (Å²) in [6.07, 6.45) is 7.38. The third-order valence-electron chi connectivity index (χ3n) is 14.7. The number of urea groups is 1. The maximum Gasteiger partial charge on any atom is 0.319 e. The lowest BCUT2D eigenvalue weighted by Gasteiger charge is -2.42. The lowest BCUT2D eigenvalue weighted by atomic mass is 9.86. The molecule has 4 aromatic rings. The van der Waals surface area contributed by atoms with Gasteiger partial charge in [0.2, 0.25) is 11.8 Å². The lowest BCUT2D eigenvalue weighted by Crippen LogP contribution is -2.52. The number of nitrogens with one attached hydrogen (secondary N) is 2. The molecule has 3 aromatic carbocycles. The zero-order chi connectivity index (χ0) is 43.9. The molecule has 0 aliphatic carbocycles. The molecule has 0 radical (unpaired) electrons. The first kappa shape index (κ1) is 41.8. The minimum atomic E-state index is -0.598. The number of ether oxygens (including phenoxy) is 1. The van der Waals surface area contributed by atoms with Crippen LogP contribution in [-0.2, 0) is 16.1 Å². The first-order chi connectivity index (χ1) is 31.2. The normalized spacial score (nSPS) is 22.5. The molecule has 1 unspecified atom stereocenters. The van der Waals surface area contributed by atoms with E-state index in [0.717, 1.165) is 101 Å². The van der Waals surface area contributed by atoms with Crippen molar-refractivity contribution in [1.82, 2.24) is 34.7 Å². The van der Waals surface area contributed by atoms with Crippen LogP contribution in [0.1, 0.15) is 102 Å². The van der Waals surface area contributed by atoms with E-state index in [2.05, 4.69) is 32.6 Å². The standard InChI is InChI=1S/C49H57N9O6/c50-45(60)43-44(34-6-9-38(10-7-34)64-37-4-2-1-3-5-37)53-58-40(14-21-51-46(43)58)33-19-26-56(27-20-33)49(63)55-24-15-31(16-25-55)29-54-22-17-32(18-23-54)35-8-11-39-36(28-35)30-57(48(39)62)41-12-13-42(59)52-47(41)61/h1-11,28,31-33,40-41,51H,12-27,29-30H2,(H2,50,60)(H,52,59,61)/t40-,41?/m0/s1. The SMILES string of the molecule is NC(=O)c1c(-c2ccc(Oc3ccccc3)cc2)nn2c1NCC[C@H]2C1CCN(C(=O)N2CCC(CN3CCC(c4ccc5c(c4)CN(C4CCC(=O)NC4=O)C5=O)CC3)CC2)CC1. The van der Waals surface area contributed by atoms with Crippen molar-refractivity contribution < 1.29 is 28.7 Å². The molecule has 4 saturated heterocycles. The topological polar surface area (TPSA) is 175 Å². The average molecular weight is 868 g/mol. The van der Waals surface area contributed by atoms with Crippen molar-refractivity contribution in [2.45, 2.75) is 82.3 Å². The second-order valence-corrected chi connectivity index (χ2v) is 18.5. The van der Waals surface area contributed by atoms with Crippen molar-refractivity contribution >= 4 is 35.5 Å². The predicted molar refractivity (Wildman–Crippen MR) is 240 cm³/mol. The Hall–Kier alpha value is -6.22. The first-order valence-corrected chi connectivity index (χ1v) is 23.2. The van der Waals surface area contributed by atoms with Gasteiger partial charge in [0.15, 0.2) is 0 Å². The van der Waals surface area contributed by atoms with E-state index in [9.17, 15) is 24.0 Å². The monoisotopic (exact) mass is 867 g/mol. The van der Waals surface area contributed by atoms with Crippen LogP contribution in [0.25, 0.3) is 11.3 Å². The number of primary amides is 1. The number of para-hydroxylation sites is 1. The Balaban J connectivity index is 0.685. The number of hydrogen-bond donors (Lipinski definition) is 3. The number of aromatic nitrogens is 2. The van der Waals surface area contributed by atoms with Gasteiger partial charge in [0.05, 0.1) is 6.04 Å². The molecule has 0 saturated carbocycles. The average Bonchev–Trinajstić information content (AvgIpc) is 3.88. The molecule has 0 bridgehead atoms. The molecule has 2 atom stereocenters. The smallest absolute Gasteiger partial charge is 0.319 e. The number of rotatable bonds is 9. The molecule has 334 valence electrons. The molecule has 4 fully saturated rings. The largest absolute Gasteiger partial charge is 0.457 e. The van der Waals surface area contributed by atoms with Crippen LogP contribution >= 0.6 is 0 Å². The summed E-state index contributed by atoms with van der Waals surface area (Å²) in [5, 5.41) is 10.8. The minimum absolute atomic E-state index is 0.0961. The Morgan fingerprint density at radius 1 is 0.781 bits per heavy atom. The van der Waals surface area contributed by atoms with Gasteiger partial charge in [-0.15, -0.1) is 0 Å². The highest BCUT2D eigenvalue weighted by Gasteiger charge is 2.40. The summed E-state index contributed by atoms with van der Waals surface area (Å²) in [6.45, 7) is 7.21. The Morgan fingerprint density at radius 3 is 2.19 bits per heavy atom. The predicted octanol–water partition coefficient (Wildman–Crippen LogP) is 5.98. The van der Waals surface area contributed by atoms with Crippen LogP contribution in [0.2, 0.25) is 0 Å². The number of carbonyl (C=O) groups excluding carboxylic acids is 5. The number of nitrogens with zero attached hydrogens (tertiary/aromatic N) is 6. The van der Waals surface area contributed by atoms with Gasteiger partial charge in [-0.3, -0.25) is 24.5 Å². The van der Waals surface area contributed by atoms with Gasteiger partial charge in [-0.05, 0) is 136 Å². The van der Waals surface area contributed by atoms with Crippen LogP contribution in [0, 0.1) is 11.8 Å². The fraction of sp³-hybridized carbons (Fsp3) is 0.469. The van der Waals surface area contributed by atoms with E-state index < -0.39 is 11.9 Å². The van der Waals surface area contributed by atoms with E-state index >= 15 is 0 Å². The van der Waals surface area contributed by atoms with Crippen LogP contribution < -0.4 is 21.1 Å². The third kappa shape index (κ3) is 8.33. The van der Waals surface area contributed by atoms with Crippen LogP contribution in [0.3, 0.4) is 0 Å². The number of amides is 6. The van der Waals surface area contributed by atoms with Gasteiger partial charge in [0, 0.05) is 63.4 Å². The second kappa shape index (κ2) is 17.7. The van der Waals surface area contributed by atoms with Crippen molar-refractivity contribution in [3.8, 4) is 22.8 Å². The number of hydrogen-bond acceptors (Lipinski definition) is 9. The zero-order valence-corrected chi connectivity index (χ0v) is 36.3. The lowest BCUT2D eigenvalue weighted by molar-refractivity contribution is -0.136. The number of benzene rings is 3. The molecule has 64 heavy (non-hydrogen) atoms. The quantitative estimate of drug-likeness (QED) is 0.171. The molecule has 6 aliphatic heterocycles. The summed E-state index contributed by atoms with van der Waals surface area (Å²) in [4.78, 5) is 72.4. The van der Waals surface area contributed by atoms with Gasteiger partial charge in [0.25, 0.3) is 11.8 Å². The number of nitrogens with two attached hydrogens (primary N) is 1. The van der Waals surface area contributed by atoms with Gasteiger partial charge in [0.1, 0.15) is 34.6 Å². The highest BCUT2D eigenvalue weighted by atomic mass is 16.5. The van der Waals surface area contributed by atoms with Gasteiger partial charge >= 0.3 is 6.03 Å². The second-order valence-electron chi connectivity index (χ2n) is 18.5. The molecule has 10 rings (SSSR count). The van der Waals surface area contributed by atoms with Crippen LogP contribution in [0.5, 0.6) is 11.5 Å². The number of piperidine rings is 4. The molecule has 0 spiro atoms. The van der Waals surface area contributed by atoms with E-state index in [1.165, 1.54) is 5.56 Å². The van der Waals surface area contributed by atoms with Crippen molar-refractivity contribution in [2.75, 3.05) is 57.7 Å². The summed E-state index contributed by atoms with van der Waals surface area (Å²) in [7, 11) is 0. The summed E-state index contributed by atoms with van der Waals surface area (Å²) in [6, 6.07) is 23.0. The zero-order valence-electron chi connectivity index (χ0n) is 36.3. The Labute approximate surface area is 373 Å². The van der Waals surface area contributed by atoms with Crippen molar-refractivity contribution in [3.63, 3.8) is 0 Å². The highest BCUT2D eigenvalue weighted by Crippen LogP contribution is 2.41. The fourth-order valence-corrected chi connectivity index (χ4v) is 11.1. The molecular weight excluding hydrogens is 811 g/mol. The van der Waals surface area contributed by atoms with E-state index in [4.69, 9.17) is 15.6 Å². The third-order valence-corrected chi connectivity index (χ3v) is 14.7. The van der Waals surface area contributed by atoms with Crippen LogP contribution in [0.15, 0.2) is 72.8 Å². The summed E-state index contributed by atoms with van der Waals surface area (Å²) in [5.41, 5.74) is 10.6. The minimum Gasteiger partial charge on any atom is -0.457 e. The molecule has 1 aromatic heterocycles. The molecule has 6 amide bonds. The van der Waals surface area contributed by atoms with Crippen molar-refractivity contribution in [2.24, 2.45) is 17.6 Å². The summed E-state index contributed by atoms with van der Waals surface area (Å²) < 4.78 is 7.97. The Morgan fingerprint density at radius 2 is 1.48 bits per heavy atom. The molecule has 15 heteroatoms. The van der Waals surface area contributed by atoms with Gasteiger partial charge in [-0.2, -0.15) is 5.10 Å². The maximum absolute atomic E-state index is 13.8. The van der Waals surface area contributed by atoms with Crippen LogP contribution in [-0.4, -0.2) is 117 Å². The van der Waals surface area contributed by atoms with E-state index in [0.29, 0.717) is 72.2 Å². The summed E-state index contributed by atoms with van der Waals surface area (Å²) in [5.74, 6) is 2.11. The Bertz CT molecular complexity index is 2410. The van der Waals surface area contributed by atoms with Crippen LogP contribution in [0.4, 0.5) is 10.6 Å². The number of carbonyl (C=O) groups is 5. The van der Waals surface area contributed by atoms with E-state index in [1.807, 2.05) is 70.2 Å². The van der Waals surface area contributed by atoms with E-state index in [-0.39, 0.29) is 36.2 Å². The maximum atomic E-state index is 13.8. The number of anilines is 1. The number of fused-ring (bicyclic) bond motifs is 2. The van der Waals surface area contributed by atoms with E-state index in [1.54, 1.807) is 4.90 Å². The summed E-state index contributed by atoms with van der Waals surface area (Å²) >= 11 is 0. The number of imide groups is 1. The fourth-order valence-electron chi connectivity index (χ4n) is 11.1. The van der Waals surface area contributed by atoms with Gasteiger partial charge in [-0.25, -0.2) is 9.48 Å². The Kier molecular flexibility index (Phi) is 11.6. The van der Waals surface area contributed by atoms with Crippen molar-refractivity contribution in [3.05, 3.63) is 95.1 Å². The van der Waals surface area contributed by atoms with Gasteiger partial charge in [-0.1, -0.05) is 30.3 Å². The first-order valence-electron chi connectivity index (χ1n) is 23.2. The molecule has 4 N–H and O–H groups in total. The molecular formula is C49H57N9O6. The molecule has 15 nitrogen and oxygen atoms in total. The van der Waals surface area contributed by atoms with Crippen molar-refractivity contribution in [1.29, 1.82) is 0 Å². The molecule has 6 aliphatic rings. The highest BCUT2D eigenvalue weighted by molar-refractivity contribution is 6.05.